The lowest BCUT2D eigenvalue weighted by atomic mass is 10.1. The van der Waals surface area contributed by atoms with Crippen molar-refractivity contribution in [2.24, 2.45) is 5.92 Å². The van der Waals surface area contributed by atoms with E-state index in [0.717, 1.165) is 0 Å². The minimum absolute atomic E-state index is 0.113. The Kier molecular flexibility index (Phi) is 5.23. The maximum absolute atomic E-state index is 12.1. The smallest absolute Gasteiger partial charge is 0.254 e. The second-order valence-electron chi connectivity index (χ2n) is 5.64. The normalized spacial score (nSPS) is 18.3. The van der Waals surface area contributed by atoms with E-state index in [2.05, 4.69) is 0 Å². The molecule has 1 aromatic rings. The summed E-state index contributed by atoms with van der Waals surface area (Å²) in [6.45, 7) is 0.252. The first-order valence-corrected chi connectivity index (χ1v) is 9.68. The van der Waals surface area contributed by atoms with Gasteiger partial charge in [-0.1, -0.05) is 11.6 Å². The van der Waals surface area contributed by atoms with Crippen LogP contribution in [0.15, 0.2) is 18.2 Å². The monoisotopic (exact) mass is 378 g/mol. The van der Waals surface area contributed by atoms with Gasteiger partial charge in [0, 0.05) is 49.3 Å². The van der Waals surface area contributed by atoms with Gasteiger partial charge in [0.2, 0.25) is 15.0 Å². The van der Waals surface area contributed by atoms with Gasteiger partial charge in [0.15, 0.2) is 0 Å². The number of rotatable bonds is 4. The molecule has 0 aliphatic carbocycles. The van der Waals surface area contributed by atoms with E-state index in [4.69, 9.17) is 22.3 Å². The van der Waals surface area contributed by atoms with Crippen molar-refractivity contribution in [2.75, 3.05) is 31.3 Å². The minimum Gasteiger partial charge on any atom is -0.345 e. The van der Waals surface area contributed by atoms with Gasteiger partial charge in [0.05, 0.1) is 16.3 Å². The van der Waals surface area contributed by atoms with E-state index in [0.29, 0.717) is 11.3 Å². The van der Waals surface area contributed by atoms with Gasteiger partial charge in [-0.25, -0.2) is 8.42 Å². The van der Waals surface area contributed by atoms with Crippen molar-refractivity contribution in [1.82, 2.24) is 4.90 Å². The lowest BCUT2D eigenvalue weighted by Crippen LogP contribution is -2.26. The fraction of sp³-hybridized carbons (Fsp3) is 0.429. The molecule has 1 unspecified atom stereocenters. The first kappa shape index (κ1) is 18.0. The Morgan fingerprint density at radius 3 is 2.57 bits per heavy atom. The highest BCUT2D eigenvalue weighted by Crippen LogP contribution is 2.30. The number of hydrogen-bond acceptors (Lipinski definition) is 4. The number of hydrogen-bond donors (Lipinski definition) is 0. The molecule has 0 bridgehead atoms. The van der Waals surface area contributed by atoms with Crippen molar-refractivity contribution in [3.8, 4) is 0 Å². The number of amides is 2. The number of anilines is 1. The molecule has 2 rings (SSSR count). The molecule has 1 atom stereocenters. The Morgan fingerprint density at radius 2 is 2.04 bits per heavy atom. The first-order valence-electron chi connectivity index (χ1n) is 6.82. The molecule has 1 heterocycles. The summed E-state index contributed by atoms with van der Waals surface area (Å²) in [7, 11) is 4.83. The first-order chi connectivity index (χ1) is 10.6. The van der Waals surface area contributed by atoms with E-state index in [9.17, 15) is 18.0 Å². The molecule has 1 aromatic carbocycles. The zero-order valence-electron chi connectivity index (χ0n) is 12.6. The van der Waals surface area contributed by atoms with Crippen molar-refractivity contribution in [3.63, 3.8) is 0 Å². The Bertz CT molecular complexity index is 749. The van der Waals surface area contributed by atoms with Gasteiger partial charge in [0.25, 0.3) is 5.91 Å². The molecule has 6 nitrogen and oxygen atoms in total. The van der Waals surface area contributed by atoms with Crippen molar-refractivity contribution >= 4 is 48.8 Å². The summed E-state index contributed by atoms with van der Waals surface area (Å²) in [5.41, 5.74) is 0.872. The van der Waals surface area contributed by atoms with Crippen LogP contribution in [0.25, 0.3) is 0 Å². The molecule has 1 saturated heterocycles. The fourth-order valence-electron chi connectivity index (χ4n) is 2.51. The molecule has 0 radical (unpaired) electrons. The van der Waals surface area contributed by atoms with Crippen LogP contribution in [-0.4, -0.2) is 51.5 Å². The van der Waals surface area contributed by atoms with Gasteiger partial charge in [-0.3, -0.25) is 9.59 Å². The lowest BCUT2D eigenvalue weighted by molar-refractivity contribution is -0.117. The van der Waals surface area contributed by atoms with Crippen LogP contribution in [-0.2, 0) is 13.8 Å². The molecule has 9 heteroatoms. The van der Waals surface area contributed by atoms with E-state index < -0.39 is 9.05 Å². The number of halogens is 2. The Labute approximate surface area is 144 Å². The van der Waals surface area contributed by atoms with Crippen molar-refractivity contribution in [3.05, 3.63) is 28.8 Å². The maximum atomic E-state index is 12.1. The van der Waals surface area contributed by atoms with Crippen LogP contribution >= 0.6 is 22.3 Å². The summed E-state index contributed by atoms with van der Waals surface area (Å²) >= 11 is 6.13. The Morgan fingerprint density at radius 1 is 1.39 bits per heavy atom. The molecular weight excluding hydrogens is 363 g/mol. The molecule has 0 aromatic heterocycles. The molecule has 126 valence electrons. The van der Waals surface area contributed by atoms with E-state index in [1.807, 2.05) is 0 Å². The molecule has 2 amide bonds. The van der Waals surface area contributed by atoms with E-state index >= 15 is 0 Å². The number of benzene rings is 1. The Balaban J connectivity index is 2.21. The van der Waals surface area contributed by atoms with Gasteiger partial charge in [-0.15, -0.1) is 0 Å². The molecule has 0 N–H and O–H groups in total. The average molecular weight is 379 g/mol. The van der Waals surface area contributed by atoms with Crippen LogP contribution in [0.4, 0.5) is 5.69 Å². The highest BCUT2D eigenvalue weighted by Gasteiger charge is 2.33. The zero-order chi connectivity index (χ0) is 17.4. The van der Waals surface area contributed by atoms with Crippen LogP contribution in [0.1, 0.15) is 16.8 Å². The highest BCUT2D eigenvalue weighted by molar-refractivity contribution is 8.13. The lowest BCUT2D eigenvalue weighted by Gasteiger charge is -2.18. The van der Waals surface area contributed by atoms with Gasteiger partial charge < -0.3 is 9.80 Å². The van der Waals surface area contributed by atoms with Crippen molar-refractivity contribution in [1.29, 1.82) is 0 Å². The van der Waals surface area contributed by atoms with Gasteiger partial charge >= 0.3 is 0 Å². The predicted molar refractivity (Wildman–Crippen MR) is 89.6 cm³/mol. The number of nitrogens with zero attached hydrogens (tertiary/aromatic N) is 2. The molecule has 1 fully saturated rings. The molecule has 0 saturated carbocycles. The Hall–Kier alpha value is -1.31. The summed E-state index contributed by atoms with van der Waals surface area (Å²) in [6, 6.07) is 4.71. The summed E-state index contributed by atoms with van der Waals surface area (Å²) < 4.78 is 22.3. The van der Waals surface area contributed by atoms with E-state index in [1.165, 1.54) is 15.9 Å². The van der Waals surface area contributed by atoms with E-state index in [-0.39, 0.29) is 41.5 Å². The van der Waals surface area contributed by atoms with Crippen molar-refractivity contribution < 1.29 is 18.0 Å². The minimum atomic E-state index is -3.66. The molecule has 0 spiro atoms. The van der Waals surface area contributed by atoms with Gasteiger partial charge in [-0.2, -0.15) is 0 Å². The topological polar surface area (TPSA) is 74.8 Å². The third-order valence-electron chi connectivity index (χ3n) is 3.54. The third-order valence-corrected chi connectivity index (χ3v) is 5.10. The van der Waals surface area contributed by atoms with Crippen LogP contribution in [0.2, 0.25) is 5.02 Å². The quantitative estimate of drug-likeness (QED) is 0.750. The standard InChI is InChI=1S/C14H16Cl2N2O4S/c1-17(2)14(20)11-4-3-10(6-12(11)15)18-7-9(5-13(18)19)8-23(16,21)22/h3-4,6,9H,5,7-8H2,1-2H3. The van der Waals surface area contributed by atoms with Gasteiger partial charge in [-0.05, 0) is 18.2 Å². The molecule has 23 heavy (non-hydrogen) atoms. The molecule has 1 aliphatic heterocycles. The van der Waals surface area contributed by atoms with Crippen LogP contribution in [0.5, 0.6) is 0 Å². The molecular formula is C14H16Cl2N2O4S. The zero-order valence-corrected chi connectivity index (χ0v) is 15.0. The highest BCUT2D eigenvalue weighted by atomic mass is 35.7. The third kappa shape index (κ3) is 4.37. The summed E-state index contributed by atoms with van der Waals surface area (Å²) in [6.07, 6.45) is 0.113. The fourth-order valence-corrected chi connectivity index (χ4v) is 4.09. The SMILES string of the molecule is CN(C)C(=O)c1ccc(N2CC(CS(=O)(=O)Cl)CC2=O)cc1Cl. The van der Waals surface area contributed by atoms with Gasteiger partial charge in [0.1, 0.15) is 0 Å². The van der Waals surface area contributed by atoms with E-state index in [1.54, 1.807) is 26.2 Å². The van der Waals surface area contributed by atoms with Crippen LogP contribution in [0, 0.1) is 5.92 Å². The summed E-state index contributed by atoms with van der Waals surface area (Å²) in [4.78, 5) is 26.9. The molecule has 1 aliphatic rings. The van der Waals surface area contributed by atoms with Crippen LogP contribution < -0.4 is 4.90 Å². The number of carbonyl (C=O) groups is 2. The second kappa shape index (κ2) is 6.67. The predicted octanol–water partition coefficient (Wildman–Crippen LogP) is 1.96. The van der Waals surface area contributed by atoms with Crippen LogP contribution in [0.3, 0.4) is 0 Å². The second-order valence-corrected chi connectivity index (χ2v) is 8.87. The summed E-state index contributed by atoms with van der Waals surface area (Å²) in [5, 5.41) is 0.238. The number of carbonyl (C=O) groups excluding carboxylic acids is 2. The average Bonchev–Trinajstić information content (AvgIpc) is 2.76. The summed E-state index contributed by atoms with van der Waals surface area (Å²) in [5.74, 6) is -1.04. The van der Waals surface area contributed by atoms with Crippen molar-refractivity contribution in [2.45, 2.75) is 6.42 Å². The largest absolute Gasteiger partial charge is 0.345 e. The maximum Gasteiger partial charge on any atom is 0.254 e.